The molecule has 0 amide bonds. The second-order valence-electron chi connectivity index (χ2n) is 4.96. The second-order valence-corrected chi connectivity index (χ2v) is 4.96. The van der Waals surface area contributed by atoms with Gasteiger partial charge in [-0.2, -0.15) is 0 Å². The summed E-state index contributed by atoms with van der Waals surface area (Å²) in [7, 11) is 0. The van der Waals surface area contributed by atoms with E-state index in [1.807, 2.05) is 51.1 Å². The summed E-state index contributed by atoms with van der Waals surface area (Å²) in [5.41, 5.74) is 9.86. The largest absolute Gasteiger partial charge is 0.466 e. The zero-order valence-corrected chi connectivity index (χ0v) is 11.7. The summed E-state index contributed by atoms with van der Waals surface area (Å²) in [4.78, 5) is 0. The number of furan rings is 1. The van der Waals surface area contributed by atoms with Crippen molar-refractivity contribution in [2.24, 2.45) is 0 Å². The van der Waals surface area contributed by atoms with Gasteiger partial charge in [-0.15, -0.1) is 0 Å². The van der Waals surface area contributed by atoms with Crippen LogP contribution in [0.25, 0.3) is 22.5 Å². The smallest absolute Gasteiger partial charge is 0.180 e. The van der Waals surface area contributed by atoms with Gasteiger partial charge < -0.3 is 14.7 Å². The number of aromatic nitrogens is 1. The van der Waals surface area contributed by atoms with Crippen molar-refractivity contribution < 1.29 is 8.94 Å². The van der Waals surface area contributed by atoms with E-state index in [0.29, 0.717) is 11.6 Å². The fourth-order valence-corrected chi connectivity index (χ4v) is 2.34. The van der Waals surface area contributed by atoms with Gasteiger partial charge in [-0.05, 0) is 32.4 Å². The Hall–Kier alpha value is -2.49. The van der Waals surface area contributed by atoms with Gasteiger partial charge in [0.2, 0.25) is 0 Å². The van der Waals surface area contributed by atoms with Gasteiger partial charge in [-0.25, -0.2) is 0 Å². The molecule has 0 saturated heterocycles. The van der Waals surface area contributed by atoms with Gasteiger partial charge in [0.15, 0.2) is 11.6 Å². The molecule has 4 heteroatoms. The molecule has 2 N–H and O–H groups in total. The van der Waals surface area contributed by atoms with E-state index in [2.05, 4.69) is 5.16 Å². The average molecular weight is 268 g/mol. The molecule has 0 atom stereocenters. The third-order valence-electron chi connectivity index (χ3n) is 3.34. The van der Waals surface area contributed by atoms with Crippen molar-refractivity contribution in [2.45, 2.75) is 20.8 Å². The molecule has 0 bridgehead atoms. The number of nitrogen functional groups attached to an aromatic ring is 1. The molecule has 0 unspecified atom stereocenters. The minimum absolute atomic E-state index is 0.391. The Kier molecular flexibility index (Phi) is 2.86. The van der Waals surface area contributed by atoms with Crippen molar-refractivity contribution in [3.8, 4) is 22.5 Å². The minimum atomic E-state index is 0.391. The van der Waals surface area contributed by atoms with E-state index in [9.17, 15) is 0 Å². The van der Waals surface area contributed by atoms with Crippen molar-refractivity contribution in [3.05, 3.63) is 47.4 Å². The lowest BCUT2D eigenvalue weighted by Crippen LogP contribution is -1.89. The van der Waals surface area contributed by atoms with Crippen LogP contribution in [-0.4, -0.2) is 5.16 Å². The number of hydrogen-bond acceptors (Lipinski definition) is 4. The molecule has 3 aromatic rings. The van der Waals surface area contributed by atoms with Crippen molar-refractivity contribution in [1.29, 1.82) is 0 Å². The maximum atomic E-state index is 5.97. The molecule has 0 saturated carbocycles. The van der Waals surface area contributed by atoms with Crippen LogP contribution >= 0.6 is 0 Å². The molecule has 0 radical (unpaired) electrons. The van der Waals surface area contributed by atoms with Crippen molar-refractivity contribution in [1.82, 2.24) is 5.16 Å². The molecule has 0 fully saturated rings. The van der Waals surface area contributed by atoms with E-state index >= 15 is 0 Å². The zero-order chi connectivity index (χ0) is 14.3. The summed E-state index contributed by atoms with van der Waals surface area (Å²) in [5.74, 6) is 2.68. The average Bonchev–Trinajstić information content (AvgIpc) is 2.93. The van der Waals surface area contributed by atoms with Crippen LogP contribution in [0.5, 0.6) is 0 Å². The summed E-state index contributed by atoms with van der Waals surface area (Å²) in [6, 6.07) is 10.1. The van der Waals surface area contributed by atoms with E-state index in [1.54, 1.807) is 0 Å². The molecular weight excluding hydrogens is 252 g/mol. The maximum absolute atomic E-state index is 5.97. The lowest BCUT2D eigenvalue weighted by molar-refractivity contribution is 0.434. The Bertz CT molecular complexity index is 751. The Morgan fingerprint density at radius 1 is 1.05 bits per heavy atom. The molecule has 4 nitrogen and oxygen atoms in total. The van der Waals surface area contributed by atoms with E-state index in [1.165, 1.54) is 5.56 Å². The molecular formula is C16H16N2O2. The van der Waals surface area contributed by atoms with Crippen LogP contribution < -0.4 is 5.73 Å². The highest BCUT2D eigenvalue weighted by molar-refractivity contribution is 5.87. The SMILES string of the molecule is Cc1ccc(-c2c(N)noc2-c2cc(C)oc2C)cc1. The highest BCUT2D eigenvalue weighted by atomic mass is 16.5. The fraction of sp³-hybridized carbons (Fsp3) is 0.188. The molecule has 20 heavy (non-hydrogen) atoms. The minimum Gasteiger partial charge on any atom is -0.466 e. The molecule has 0 spiro atoms. The molecule has 1 aromatic carbocycles. The van der Waals surface area contributed by atoms with Crippen molar-refractivity contribution >= 4 is 5.82 Å². The number of nitrogens with two attached hydrogens (primary N) is 1. The Balaban J connectivity index is 2.19. The first-order valence-corrected chi connectivity index (χ1v) is 6.46. The number of hydrogen-bond donors (Lipinski definition) is 1. The van der Waals surface area contributed by atoms with Gasteiger partial charge in [-0.1, -0.05) is 35.0 Å². The normalized spacial score (nSPS) is 10.9. The first kappa shape index (κ1) is 12.5. The summed E-state index contributed by atoms with van der Waals surface area (Å²) in [6.07, 6.45) is 0. The second kappa shape index (κ2) is 4.56. The quantitative estimate of drug-likeness (QED) is 0.759. The highest BCUT2D eigenvalue weighted by Gasteiger charge is 2.21. The van der Waals surface area contributed by atoms with E-state index in [0.717, 1.165) is 28.2 Å². The predicted octanol–water partition coefficient (Wildman–Crippen LogP) is 4.11. The first-order chi connectivity index (χ1) is 9.56. The predicted molar refractivity (Wildman–Crippen MR) is 78.3 cm³/mol. The van der Waals surface area contributed by atoms with Gasteiger partial charge in [0.1, 0.15) is 11.5 Å². The van der Waals surface area contributed by atoms with E-state index in [4.69, 9.17) is 14.7 Å². The van der Waals surface area contributed by atoms with Crippen LogP contribution in [0.3, 0.4) is 0 Å². The summed E-state index contributed by atoms with van der Waals surface area (Å²) < 4.78 is 11.0. The van der Waals surface area contributed by atoms with Gasteiger partial charge >= 0.3 is 0 Å². The Morgan fingerprint density at radius 2 is 1.75 bits per heavy atom. The number of benzene rings is 1. The molecule has 2 heterocycles. The van der Waals surface area contributed by atoms with Crippen LogP contribution in [0.4, 0.5) is 5.82 Å². The topological polar surface area (TPSA) is 65.2 Å². The highest BCUT2D eigenvalue weighted by Crippen LogP contribution is 2.38. The van der Waals surface area contributed by atoms with Crippen LogP contribution in [0, 0.1) is 20.8 Å². The molecule has 3 rings (SSSR count). The van der Waals surface area contributed by atoms with Crippen LogP contribution in [0.15, 0.2) is 39.3 Å². The van der Waals surface area contributed by atoms with Gasteiger partial charge in [0.25, 0.3) is 0 Å². The van der Waals surface area contributed by atoms with Crippen molar-refractivity contribution in [3.63, 3.8) is 0 Å². The number of anilines is 1. The molecule has 102 valence electrons. The fourth-order valence-electron chi connectivity index (χ4n) is 2.34. The Morgan fingerprint density at radius 3 is 2.35 bits per heavy atom. The van der Waals surface area contributed by atoms with E-state index < -0.39 is 0 Å². The third-order valence-corrected chi connectivity index (χ3v) is 3.34. The van der Waals surface area contributed by atoms with Crippen LogP contribution in [-0.2, 0) is 0 Å². The summed E-state index contributed by atoms with van der Waals surface area (Å²) >= 11 is 0. The zero-order valence-electron chi connectivity index (χ0n) is 11.7. The van der Waals surface area contributed by atoms with Crippen LogP contribution in [0.1, 0.15) is 17.1 Å². The summed E-state index contributed by atoms with van der Waals surface area (Å²) in [5, 5.41) is 3.90. The van der Waals surface area contributed by atoms with Gasteiger partial charge in [-0.3, -0.25) is 0 Å². The number of aryl methyl sites for hydroxylation is 3. The Labute approximate surface area is 117 Å². The molecule has 0 aliphatic carbocycles. The molecule has 0 aliphatic heterocycles. The lowest BCUT2D eigenvalue weighted by Gasteiger charge is -2.02. The first-order valence-electron chi connectivity index (χ1n) is 6.46. The molecule has 2 aromatic heterocycles. The maximum Gasteiger partial charge on any atom is 0.180 e. The van der Waals surface area contributed by atoms with Crippen LogP contribution in [0.2, 0.25) is 0 Å². The monoisotopic (exact) mass is 268 g/mol. The molecule has 0 aliphatic rings. The third kappa shape index (κ3) is 1.99. The standard InChI is InChI=1S/C16H16N2O2/c1-9-4-6-12(7-5-9)14-15(20-18-16(14)17)13-8-10(2)19-11(13)3/h4-8H,1-3H3,(H2,17,18). The van der Waals surface area contributed by atoms with Gasteiger partial charge in [0.05, 0.1) is 11.1 Å². The van der Waals surface area contributed by atoms with Crippen molar-refractivity contribution in [2.75, 3.05) is 5.73 Å². The van der Waals surface area contributed by atoms with Gasteiger partial charge in [0, 0.05) is 0 Å². The lowest BCUT2D eigenvalue weighted by atomic mass is 10.0. The van der Waals surface area contributed by atoms with E-state index in [-0.39, 0.29) is 0 Å². The number of rotatable bonds is 2. The summed E-state index contributed by atoms with van der Waals surface area (Å²) in [6.45, 7) is 5.85. The number of nitrogens with zero attached hydrogens (tertiary/aromatic N) is 1.